The highest BCUT2D eigenvalue weighted by Gasteiger charge is 2.35. The molecule has 0 radical (unpaired) electrons. The molecule has 1 aliphatic heterocycles. The number of halogens is 4. The topological polar surface area (TPSA) is 44.7 Å². The summed E-state index contributed by atoms with van der Waals surface area (Å²) in [5.41, 5.74) is -0.131. The van der Waals surface area contributed by atoms with Crippen LogP contribution in [0.5, 0.6) is 0 Å². The molecule has 0 bridgehead atoms. The van der Waals surface area contributed by atoms with Gasteiger partial charge in [-0.25, -0.2) is 4.39 Å². The maximum atomic E-state index is 14.1. The molecule has 30 heavy (non-hydrogen) atoms. The number of aliphatic imine (C=N–C) groups is 1. The lowest BCUT2D eigenvalue weighted by molar-refractivity contribution is -0.137. The summed E-state index contributed by atoms with van der Waals surface area (Å²) in [6.45, 7) is 4.77. The lowest BCUT2D eigenvalue weighted by Gasteiger charge is -2.26. The van der Waals surface area contributed by atoms with Crippen molar-refractivity contribution in [3.05, 3.63) is 53.3 Å². The molecular weight excluding hydrogens is 398 g/mol. The van der Waals surface area contributed by atoms with Gasteiger partial charge >= 0.3 is 6.18 Å². The van der Waals surface area contributed by atoms with Crippen LogP contribution in [-0.4, -0.2) is 25.2 Å². The summed E-state index contributed by atoms with van der Waals surface area (Å²) < 4.78 is 55.3. The molecule has 0 fully saturated rings. The van der Waals surface area contributed by atoms with E-state index in [4.69, 9.17) is 0 Å². The molecule has 0 spiro atoms. The number of anilines is 2. The predicted octanol–water partition coefficient (Wildman–Crippen LogP) is 5.91. The maximum absolute atomic E-state index is 14.1. The van der Waals surface area contributed by atoms with E-state index in [-0.39, 0.29) is 16.9 Å². The van der Waals surface area contributed by atoms with Crippen LogP contribution in [0, 0.1) is 5.82 Å². The normalized spacial score (nSPS) is 16.1. The van der Waals surface area contributed by atoms with E-state index >= 15 is 0 Å². The van der Waals surface area contributed by atoms with Gasteiger partial charge in [-0.15, -0.1) is 0 Å². The second kappa shape index (κ2) is 8.85. The summed E-state index contributed by atoms with van der Waals surface area (Å²) in [6.07, 6.45) is -1.70. The van der Waals surface area contributed by atoms with Crippen LogP contribution in [0.25, 0.3) is 0 Å². The van der Waals surface area contributed by atoms with Crippen molar-refractivity contribution in [2.75, 3.05) is 23.3 Å². The van der Waals surface area contributed by atoms with Gasteiger partial charge in [0.15, 0.2) is 0 Å². The second-order valence-corrected chi connectivity index (χ2v) is 7.08. The minimum absolute atomic E-state index is 0.0511. The molecule has 3 rings (SSSR count). The SMILES string of the molecule is CCCCN(CC)c1ccc(N=CC2C(=O)Nc3cccc(F)c32)cc1C(F)(F)F. The Balaban J connectivity index is 1.94. The average Bonchev–Trinajstić information content (AvgIpc) is 3.03. The average molecular weight is 421 g/mol. The van der Waals surface area contributed by atoms with E-state index in [0.717, 1.165) is 18.9 Å². The highest BCUT2D eigenvalue weighted by atomic mass is 19.4. The van der Waals surface area contributed by atoms with Gasteiger partial charge in [-0.05, 0) is 43.7 Å². The van der Waals surface area contributed by atoms with Crippen LogP contribution in [-0.2, 0) is 11.0 Å². The molecule has 0 aliphatic carbocycles. The minimum Gasteiger partial charge on any atom is -0.371 e. The van der Waals surface area contributed by atoms with E-state index in [9.17, 15) is 22.4 Å². The number of carbonyl (C=O) groups excluding carboxylic acids is 1. The van der Waals surface area contributed by atoms with E-state index in [1.165, 1.54) is 30.5 Å². The van der Waals surface area contributed by atoms with Gasteiger partial charge in [-0.1, -0.05) is 19.4 Å². The van der Waals surface area contributed by atoms with Gasteiger partial charge in [0.1, 0.15) is 11.7 Å². The van der Waals surface area contributed by atoms with E-state index in [0.29, 0.717) is 18.8 Å². The monoisotopic (exact) mass is 421 g/mol. The third-order valence-corrected chi connectivity index (χ3v) is 5.07. The second-order valence-electron chi connectivity index (χ2n) is 7.08. The molecule has 1 atom stereocenters. The molecule has 1 heterocycles. The number of nitrogens with zero attached hydrogens (tertiary/aromatic N) is 2. The van der Waals surface area contributed by atoms with Crippen LogP contribution in [0.4, 0.5) is 34.6 Å². The number of hydrogen-bond acceptors (Lipinski definition) is 3. The Labute approximate surface area is 172 Å². The van der Waals surface area contributed by atoms with Gasteiger partial charge in [0.05, 0.1) is 11.3 Å². The summed E-state index contributed by atoms with van der Waals surface area (Å²) in [5, 5.41) is 2.55. The first-order valence-corrected chi connectivity index (χ1v) is 9.85. The van der Waals surface area contributed by atoms with Crippen molar-refractivity contribution in [1.82, 2.24) is 0 Å². The van der Waals surface area contributed by atoms with Crippen molar-refractivity contribution in [3.63, 3.8) is 0 Å². The van der Waals surface area contributed by atoms with Gasteiger partial charge in [-0.3, -0.25) is 9.79 Å². The number of amides is 1. The molecular formula is C22H23F4N3O. The lowest BCUT2D eigenvalue weighted by Crippen LogP contribution is -2.26. The first-order valence-electron chi connectivity index (χ1n) is 9.85. The number of nitrogens with one attached hydrogen (secondary N) is 1. The Hall–Kier alpha value is -2.90. The molecule has 4 nitrogen and oxygen atoms in total. The molecule has 1 N–H and O–H groups in total. The lowest BCUT2D eigenvalue weighted by atomic mass is 10.0. The molecule has 160 valence electrons. The summed E-state index contributed by atoms with van der Waals surface area (Å²) in [6, 6.07) is 8.11. The molecule has 2 aromatic rings. The number of rotatable bonds is 7. The van der Waals surface area contributed by atoms with Crippen molar-refractivity contribution in [3.8, 4) is 0 Å². The van der Waals surface area contributed by atoms with E-state index < -0.39 is 29.4 Å². The predicted molar refractivity (Wildman–Crippen MR) is 110 cm³/mol. The largest absolute Gasteiger partial charge is 0.418 e. The third kappa shape index (κ3) is 4.47. The van der Waals surface area contributed by atoms with E-state index in [1.807, 2.05) is 13.8 Å². The zero-order valence-electron chi connectivity index (χ0n) is 16.8. The fourth-order valence-corrected chi connectivity index (χ4v) is 3.51. The number of hydrogen-bond donors (Lipinski definition) is 1. The van der Waals surface area contributed by atoms with Crippen molar-refractivity contribution >= 4 is 29.2 Å². The van der Waals surface area contributed by atoms with E-state index in [2.05, 4.69) is 10.3 Å². The Kier molecular flexibility index (Phi) is 6.43. The fourth-order valence-electron chi connectivity index (χ4n) is 3.51. The van der Waals surface area contributed by atoms with Crippen LogP contribution in [0.2, 0.25) is 0 Å². The summed E-state index contributed by atoms with van der Waals surface area (Å²) in [7, 11) is 0. The van der Waals surface area contributed by atoms with Gasteiger partial charge in [0, 0.05) is 36.2 Å². The van der Waals surface area contributed by atoms with Crippen LogP contribution in [0.3, 0.4) is 0 Å². The summed E-state index contributed by atoms with van der Waals surface area (Å²) in [5.74, 6) is -2.03. The molecule has 0 saturated carbocycles. The summed E-state index contributed by atoms with van der Waals surface area (Å²) in [4.78, 5) is 17.9. The Morgan fingerprint density at radius 2 is 1.97 bits per heavy atom. The number of carbonyl (C=O) groups is 1. The number of alkyl halides is 3. The molecule has 0 saturated heterocycles. The van der Waals surface area contributed by atoms with Gasteiger partial charge in [0.25, 0.3) is 0 Å². The molecule has 2 aromatic carbocycles. The molecule has 8 heteroatoms. The smallest absolute Gasteiger partial charge is 0.371 e. The molecule has 1 unspecified atom stereocenters. The number of benzene rings is 2. The van der Waals surface area contributed by atoms with Crippen LogP contribution < -0.4 is 10.2 Å². The van der Waals surface area contributed by atoms with Crippen molar-refractivity contribution in [2.24, 2.45) is 4.99 Å². The zero-order chi connectivity index (χ0) is 21.9. The van der Waals surface area contributed by atoms with Gasteiger partial charge in [-0.2, -0.15) is 13.2 Å². The molecule has 1 aliphatic rings. The van der Waals surface area contributed by atoms with E-state index in [1.54, 1.807) is 11.0 Å². The van der Waals surface area contributed by atoms with Crippen molar-refractivity contribution in [2.45, 2.75) is 38.8 Å². The molecule has 0 aromatic heterocycles. The maximum Gasteiger partial charge on any atom is 0.418 e. The Morgan fingerprint density at radius 3 is 2.63 bits per heavy atom. The summed E-state index contributed by atoms with van der Waals surface area (Å²) >= 11 is 0. The quantitative estimate of drug-likeness (QED) is 0.446. The van der Waals surface area contributed by atoms with Crippen LogP contribution in [0.15, 0.2) is 41.4 Å². The highest BCUT2D eigenvalue weighted by molar-refractivity contribution is 6.12. The van der Waals surface area contributed by atoms with Crippen LogP contribution in [0.1, 0.15) is 43.7 Å². The minimum atomic E-state index is -4.55. The fraction of sp³-hybridized carbons (Fsp3) is 0.364. The number of unbranched alkanes of at least 4 members (excludes halogenated alkanes) is 1. The first-order chi connectivity index (χ1) is 14.3. The zero-order valence-corrected chi connectivity index (χ0v) is 16.8. The van der Waals surface area contributed by atoms with Crippen molar-refractivity contribution < 1.29 is 22.4 Å². The third-order valence-electron chi connectivity index (χ3n) is 5.07. The molecule has 1 amide bonds. The first kappa shape index (κ1) is 21.8. The van der Waals surface area contributed by atoms with Gasteiger partial charge < -0.3 is 10.2 Å². The number of fused-ring (bicyclic) bond motifs is 1. The van der Waals surface area contributed by atoms with Crippen molar-refractivity contribution in [1.29, 1.82) is 0 Å². The Morgan fingerprint density at radius 1 is 1.20 bits per heavy atom. The standard InChI is InChI=1S/C22H23F4N3O/c1-3-5-11-29(4-2)19-10-9-14(12-16(19)22(24,25)26)27-13-15-20-17(23)7-6-8-18(20)28-21(15)30/h6-10,12-13,15H,3-5,11H2,1-2H3,(H,28,30). The highest BCUT2D eigenvalue weighted by Crippen LogP contribution is 2.39. The Bertz CT molecular complexity index is 956. The van der Waals surface area contributed by atoms with Crippen LogP contribution >= 0.6 is 0 Å². The van der Waals surface area contributed by atoms with Gasteiger partial charge in [0.2, 0.25) is 5.91 Å².